The Morgan fingerprint density at radius 3 is 2.72 bits per heavy atom. The Kier molecular flexibility index (Phi) is 6.64. The number of aliphatic hydroxyl groups excluding tert-OH is 1. The smallest absolute Gasteiger partial charge is 0.493 e. The third kappa shape index (κ3) is 5.36. The molecule has 0 amide bonds. The number of rotatable bonds is 7. The minimum atomic E-state index is -4.77. The fourth-order valence-electron chi connectivity index (χ4n) is 4.65. The van der Waals surface area contributed by atoms with Gasteiger partial charge in [-0.05, 0) is 49.3 Å². The lowest BCUT2D eigenvalue weighted by Crippen LogP contribution is -2.31. The number of carboxylic acid groups (broad SMARTS) is 1. The molecular formula is C22H23F3O6S. The van der Waals surface area contributed by atoms with Crippen molar-refractivity contribution < 1.29 is 42.4 Å². The molecule has 0 unspecified atom stereocenters. The molecule has 6 nitrogen and oxygen atoms in total. The predicted octanol–water partition coefficient (Wildman–Crippen LogP) is 5.03. The number of aliphatic hydroxyl groups is 1. The van der Waals surface area contributed by atoms with Gasteiger partial charge in [-0.15, -0.1) is 24.5 Å². The SMILES string of the molecule is O=C(O)c1csc([C@H]2CC[C@@H]3[C@@H](CCOc4cccc(OC(F)(F)F)c4)[C@H](O)C[C@@H]3O2)c1. The number of halogens is 3. The van der Waals surface area contributed by atoms with E-state index >= 15 is 0 Å². The summed E-state index contributed by atoms with van der Waals surface area (Å²) in [7, 11) is 0. The molecule has 1 aromatic heterocycles. The molecule has 0 bridgehead atoms. The Balaban J connectivity index is 1.31. The number of carboxylic acids is 1. The van der Waals surface area contributed by atoms with Crippen LogP contribution in [-0.2, 0) is 4.74 Å². The molecule has 10 heteroatoms. The number of ether oxygens (including phenoxy) is 3. The largest absolute Gasteiger partial charge is 0.573 e. The van der Waals surface area contributed by atoms with Crippen molar-refractivity contribution in [2.75, 3.05) is 6.61 Å². The molecule has 2 N–H and O–H groups in total. The molecule has 2 aliphatic rings. The molecule has 2 aromatic rings. The second-order valence-corrected chi connectivity index (χ2v) is 9.02. The fourth-order valence-corrected chi connectivity index (χ4v) is 5.60. The summed E-state index contributed by atoms with van der Waals surface area (Å²) >= 11 is 1.37. The van der Waals surface area contributed by atoms with E-state index in [-0.39, 0.29) is 47.7 Å². The molecule has 0 spiro atoms. The number of fused-ring (bicyclic) bond motifs is 1. The highest BCUT2D eigenvalue weighted by molar-refractivity contribution is 7.10. The van der Waals surface area contributed by atoms with Gasteiger partial charge < -0.3 is 24.4 Å². The van der Waals surface area contributed by atoms with Crippen LogP contribution in [0.1, 0.15) is 47.0 Å². The van der Waals surface area contributed by atoms with Gasteiger partial charge in [0.2, 0.25) is 0 Å². The minimum Gasteiger partial charge on any atom is -0.493 e. The van der Waals surface area contributed by atoms with Gasteiger partial charge in [-0.3, -0.25) is 0 Å². The number of hydrogen-bond acceptors (Lipinski definition) is 6. The topological polar surface area (TPSA) is 85.2 Å². The molecule has 5 atom stereocenters. The molecule has 1 aromatic carbocycles. The zero-order valence-corrected chi connectivity index (χ0v) is 17.8. The zero-order chi connectivity index (χ0) is 22.9. The van der Waals surface area contributed by atoms with Crippen molar-refractivity contribution in [3.63, 3.8) is 0 Å². The van der Waals surface area contributed by atoms with E-state index in [2.05, 4.69) is 4.74 Å². The summed E-state index contributed by atoms with van der Waals surface area (Å²) in [5.41, 5.74) is 0.252. The van der Waals surface area contributed by atoms with Gasteiger partial charge in [0.1, 0.15) is 11.5 Å². The van der Waals surface area contributed by atoms with E-state index in [0.717, 1.165) is 17.7 Å². The van der Waals surface area contributed by atoms with Crippen molar-refractivity contribution >= 4 is 17.3 Å². The lowest BCUT2D eigenvalue weighted by atomic mass is 9.84. The molecule has 1 saturated carbocycles. The molecule has 4 rings (SSSR count). The molecule has 1 saturated heterocycles. The molecule has 32 heavy (non-hydrogen) atoms. The standard InChI is InChI=1S/C22H23F3O6S/c23-22(24,25)31-14-3-1-2-13(9-14)29-7-6-15-16-4-5-18(30-19(16)10-17(15)26)20-8-12(11-32-20)21(27)28/h1-3,8-9,11,15-19,26H,4-7,10H2,(H,27,28)/t15-,16-,17-,18-,19+/m1/s1. The van der Waals surface area contributed by atoms with Crippen LogP contribution in [0, 0.1) is 11.8 Å². The first kappa shape index (κ1) is 22.9. The van der Waals surface area contributed by atoms with Gasteiger partial charge in [0.05, 0.1) is 30.5 Å². The second kappa shape index (κ2) is 9.29. The van der Waals surface area contributed by atoms with Gasteiger partial charge in [0, 0.05) is 22.7 Å². The molecule has 0 radical (unpaired) electrons. The maximum Gasteiger partial charge on any atom is 0.573 e. The second-order valence-electron chi connectivity index (χ2n) is 8.07. The van der Waals surface area contributed by atoms with Gasteiger partial charge in [-0.1, -0.05) is 6.07 Å². The maximum atomic E-state index is 12.4. The summed E-state index contributed by atoms with van der Waals surface area (Å²) in [6, 6.07) is 7.01. The first-order valence-electron chi connectivity index (χ1n) is 10.3. The molecule has 1 aliphatic heterocycles. The Bertz CT molecular complexity index is 946. The van der Waals surface area contributed by atoms with Crippen molar-refractivity contribution in [2.45, 2.75) is 50.4 Å². The zero-order valence-electron chi connectivity index (χ0n) is 17.0. The maximum absolute atomic E-state index is 12.4. The van der Waals surface area contributed by atoms with E-state index in [9.17, 15) is 23.1 Å². The van der Waals surface area contributed by atoms with Crippen LogP contribution in [0.3, 0.4) is 0 Å². The number of thiophene rings is 1. The highest BCUT2D eigenvalue weighted by Crippen LogP contribution is 2.47. The first-order chi connectivity index (χ1) is 15.2. The minimum absolute atomic E-state index is 0.0338. The summed E-state index contributed by atoms with van der Waals surface area (Å²) < 4.78 is 52.9. The molecule has 174 valence electrons. The number of benzene rings is 1. The first-order valence-corrected chi connectivity index (χ1v) is 11.2. The Hall–Kier alpha value is -2.30. The summed E-state index contributed by atoms with van der Waals surface area (Å²) in [6.45, 7) is 0.247. The van der Waals surface area contributed by atoms with Crippen molar-refractivity contribution in [3.05, 3.63) is 46.2 Å². The highest BCUT2D eigenvalue weighted by Gasteiger charge is 2.46. The highest BCUT2D eigenvalue weighted by atomic mass is 32.1. The summed E-state index contributed by atoms with van der Waals surface area (Å²) in [6.07, 6.45) is -2.99. The van der Waals surface area contributed by atoms with Crippen LogP contribution in [0.4, 0.5) is 13.2 Å². The van der Waals surface area contributed by atoms with Gasteiger partial charge in [-0.2, -0.15) is 0 Å². The number of alkyl halides is 3. The Morgan fingerprint density at radius 1 is 1.22 bits per heavy atom. The van der Waals surface area contributed by atoms with E-state index < -0.39 is 18.4 Å². The van der Waals surface area contributed by atoms with Gasteiger partial charge in [-0.25, -0.2) is 4.79 Å². The van der Waals surface area contributed by atoms with Crippen LogP contribution in [0.5, 0.6) is 11.5 Å². The Labute approximate surface area is 186 Å². The normalized spacial score (nSPS) is 27.7. The number of aromatic carboxylic acids is 1. The van der Waals surface area contributed by atoms with E-state index in [1.807, 2.05) is 0 Å². The van der Waals surface area contributed by atoms with Gasteiger partial charge >= 0.3 is 12.3 Å². The van der Waals surface area contributed by atoms with E-state index in [1.54, 1.807) is 17.5 Å². The summed E-state index contributed by atoms with van der Waals surface area (Å²) in [5, 5.41) is 21.3. The van der Waals surface area contributed by atoms with Crippen LogP contribution in [0.15, 0.2) is 35.7 Å². The van der Waals surface area contributed by atoms with Crippen LogP contribution >= 0.6 is 11.3 Å². The van der Waals surface area contributed by atoms with Crippen molar-refractivity contribution in [1.29, 1.82) is 0 Å². The lowest BCUT2D eigenvalue weighted by Gasteiger charge is -2.34. The van der Waals surface area contributed by atoms with Crippen LogP contribution in [0.25, 0.3) is 0 Å². The molecule has 1 aliphatic carbocycles. The molecule has 2 fully saturated rings. The summed E-state index contributed by atoms with van der Waals surface area (Å²) in [4.78, 5) is 12.0. The number of carbonyl (C=O) groups is 1. The molecule has 2 heterocycles. The van der Waals surface area contributed by atoms with Gasteiger partial charge in [0.25, 0.3) is 0 Å². The summed E-state index contributed by atoms with van der Waals surface area (Å²) in [5.74, 6) is -0.921. The fraction of sp³-hybridized carbons (Fsp3) is 0.500. The van der Waals surface area contributed by atoms with Gasteiger partial charge in [0.15, 0.2) is 0 Å². The quantitative estimate of drug-likeness (QED) is 0.588. The van der Waals surface area contributed by atoms with Crippen LogP contribution < -0.4 is 9.47 Å². The molecular weight excluding hydrogens is 449 g/mol. The van der Waals surface area contributed by atoms with Crippen molar-refractivity contribution in [2.24, 2.45) is 11.8 Å². The third-order valence-corrected chi connectivity index (χ3v) is 7.06. The van der Waals surface area contributed by atoms with E-state index in [0.29, 0.717) is 12.8 Å². The average Bonchev–Trinajstić information content (AvgIpc) is 3.32. The predicted molar refractivity (Wildman–Crippen MR) is 109 cm³/mol. The van der Waals surface area contributed by atoms with Crippen molar-refractivity contribution in [1.82, 2.24) is 0 Å². The van der Waals surface area contributed by atoms with E-state index in [1.165, 1.54) is 29.5 Å². The van der Waals surface area contributed by atoms with Crippen molar-refractivity contribution in [3.8, 4) is 11.5 Å². The van der Waals surface area contributed by atoms with Crippen LogP contribution in [0.2, 0.25) is 0 Å². The lowest BCUT2D eigenvalue weighted by molar-refractivity contribution is -0.274. The van der Waals surface area contributed by atoms with Crippen LogP contribution in [-0.4, -0.2) is 41.4 Å². The Morgan fingerprint density at radius 2 is 2.00 bits per heavy atom. The third-order valence-electron chi connectivity index (χ3n) is 6.04. The monoisotopic (exact) mass is 472 g/mol. The van der Waals surface area contributed by atoms with E-state index in [4.69, 9.17) is 14.6 Å². The average molecular weight is 472 g/mol. The number of hydrogen-bond donors (Lipinski definition) is 2.